The number of nitrogens with one attached hydrogen (secondary N) is 1. The number of carbonyl (C=O) groups excluding carboxylic acids is 1. The second kappa shape index (κ2) is 9.12. The summed E-state index contributed by atoms with van der Waals surface area (Å²) in [5.74, 6) is -0.142. The SMILES string of the molecule is COc1cc(C(=O)NC2CCC(C(=O)O)CC2)cc(Cl)c1OCC(C)C. The van der Waals surface area contributed by atoms with E-state index in [1.165, 1.54) is 7.11 Å². The third kappa shape index (κ3) is 5.27. The number of benzene rings is 1. The number of halogens is 1. The number of ether oxygens (including phenoxy) is 2. The van der Waals surface area contributed by atoms with Gasteiger partial charge in [-0.2, -0.15) is 0 Å². The van der Waals surface area contributed by atoms with Gasteiger partial charge in [-0.25, -0.2) is 0 Å². The lowest BCUT2D eigenvalue weighted by Crippen LogP contribution is -2.38. The Morgan fingerprint density at radius 1 is 1.27 bits per heavy atom. The number of carboxylic acid groups (broad SMARTS) is 1. The van der Waals surface area contributed by atoms with Crippen LogP contribution >= 0.6 is 11.6 Å². The minimum absolute atomic E-state index is 0.0280. The highest BCUT2D eigenvalue weighted by Crippen LogP contribution is 2.37. The lowest BCUT2D eigenvalue weighted by molar-refractivity contribution is -0.142. The molecule has 1 aromatic rings. The summed E-state index contributed by atoms with van der Waals surface area (Å²) in [4.78, 5) is 23.6. The molecule has 1 aromatic carbocycles. The van der Waals surface area contributed by atoms with Crippen LogP contribution in [0.5, 0.6) is 11.5 Å². The maximum atomic E-state index is 12.5. The highest BCUT2D eigenvalue weighted by molar-refractivity contribution is 6.32. The van der Waals surface area contributed by atoms with Gasteiger partial charge in [-0.05, 0) is 43.7 Å². The molecule has 7 heteroatoms. The van der Waals surface area contributed by atoms with Gasteiger partial charge in [-0.15, -0.1) is 0 Å². The zero-order valence-corrected chi connectivity index (χ0v) is 16.1. The maximum Gasteiger partial charge on any atom is 0.306 e. The van der Waals surface area contributed by atoms with Crippen molar-refractivity contribution in [2.24, 2.45) is 11.8 Å². The highest BCUT2D eigenvalue weighted by atomic mass is 35.5. The van der Waals surface area contributed by atoms with Gasteiger partial charge >= 0.3 is 5.97 Å². The normalized spacial score (nSPS) is 19.9. The van der Waals surface area contributed by atoms with Crippen molar-refractivity contribution < 1.29 is 24.2 Å². The van der Waals surface area contributed by atoms with Crippen LogP contribution in [-0.2, 0) is 4.79 Å². The maximum absolute atomic E-state index is 12.5. The predicted octanol–water partition coefficient (Wildman–Crippen LogP) is 3.76. The number of carboxylic acids is 1. The van der Waals surface area contributed by atoms with E-state index in [2.05, 4.69) is 5.32 Å². The van der Waals surface area contributed by atoms with E-state index in [9.17, 15) is 9.59 Å². The van der Waals surface area contributed by atoms with E-state index < -0.39 is 5.97 Å². The number of hydrogen-bond donors (Lipinski definition) is 2. The van der Waals surface area contributed by atoms with Crippen LogP contribution < -0.4 is 14.8 Å². The molecule has 2 rings (SSSR count). The summed E-state index contributed by atoms with van der Waals surface area (Å²) in [7, 11) is 1.50. The van der Waals surface area contributed by atoms with Gasteiger partial charge in [0.15, 0.2) is 11.5 Å². The first kappa shape index (κ1) is 20.4. The summed E-state index contributed by atoms with van der Waals surface area (Å²) in [5.41, 5.74) is 0.393. The number of hydrogen-bond acceptors (Lipinski definition) is 4. The number of aliphatic carboxylic acids is 1. The Morgan fingerprint density at radius 2 is 1.92 bits per heavy atom. The zero-order valence-electron chi connectivity index (χ0n) is 15.4. The van der Waals surface area contributed by atoms with Gasteiger partial charge in [-0.3, -0.25) is 9.59 Å². The van der Waals surface area contributed by atoms with Gasteiger partial charge in [0.05, 0.1) is 24.7 Å². The van der Waals surface area contributed by atoms with E-state index in [0.29, 0.717) is 60.3 Å². The molecule has 0 heterocycles. The predicted molar refractivity (Wildman–Crippen MR) is 99.2 cm³/mol. The van der Waals surface area contributed by atoms with Gasteiger partial charge in [0.2, 0.25) is 0 Å². The molecule has 26 heavy (non-hydrogen) atoms. The average molecular weight is 384 g/mol. The monoisotopic (exact) mass is 383 g/mol. The number of carbonyl (C=O) groups is 2. The second-order valence-electron chi connectivity index (χ2n) is 7.05. The first-order chi connectivity index (χ1) is 12.3. The number of amides is 1. The lowest BCUT2D eigenvalue weighted by atomic mass is 9.86. The molecule has 6 nitrogen and oxygen atoms in total. The van der Waals surface area contributed by atoms with Crippen LogP contribution in [0.2, 0.25) is 5.02 Å². The van der Waals surface area contributed by atoms with Crippen molar-refractivity contribution >= 4 is 23.5 Å². The van der Waals surface area contributed by atoms with E-state index in [1.807, 2.05) is 13.8 Å². The molecule has 0 bridgehead atoms. The van der Waals surface area contributed by atoms with Crippen LogP contribution in [0.4, 0.5) is 0 Å². The van der Waals surface area contributed by atoms with Crippen LogP contribution in [0, 0.1) is 11.8 Å². The molecule has 0 aromatic heterocycles. The van der Waals surface area contributed by atoms with E-state index >= 15 is 0 Å². The van der Waals surface area contributed by atoms with Crippen LogP contribution in [-0.4, -0.2) is 36.7 Å². The summed E-state index contributed by atoms with van der Waals surface area (Å²) in [6, 6.07) is 3.15. The Balaban J connectivity index is 2.05. The molecule has 1 aliphatic carbocycles. The molecule has 144 valence electrons. The Bertz CT molecular complexity index is 654. The summed E-state index contributed by atoms with van der Waals surface area (Å²) >= 11 is 6.29. The highest BCUT2D eigenvalue weighted by Gasteiger charge is 2.27. The fourth-order valence-corrected chi connectivity index (χ4v) is 3.26. The molecule has 1 saturated carbocycles. The van der Waals surface area contributed by atoms with Crippen LogP contribution in [0.15, 0.2) is 12.1 Å². The van der Waals surface area contributed by atoms with Gasteiger partial charge in [-0.1, -0.05) is 25.4 Å². The molecule has 2 N–H and O–H groups in total. The van der Waals surface area contributed by atoms with Gasteiger partial charge in [0.1, 0.15) is 0 Å². The smallest absolute Gasteiger partial charge is 0.306 e. The van der Waals surface area contributed by atoms with E-state index in [4.69, 9.17) is 26.2 Å². The first-order valence-corrected chi connectivity index (χ1v) is 9.23. The summed E-state index contributed by atoms with van der Waals surface area (Å²) in [5, 5.41) is 12.3. The minimum Gasteiger partial charge on any atom is -0.493 e. The van der Waals surface area contributed by atoms with Crippen molar-refractivity contribution in [2.45, 2.75) is 45.6 Å². The first-order valence-electron chi connectivity index (χ1n) is 8.85. The lowest BCUT2D eigenvalue weighted by Gasteiger charge is -2.27. The summed E-state index contributed by atoms with van der Waals surface area (Å²) < 4.78 is 11.0. The summed E-state index contributed by atoms with van der Waals surface area (Å²) in [6.45, 7) is 4.55. The molecule has 0 radical (unpaired) electrons. The molecule has 1 amide bonds. The van der Waals surface area contributed by atoms with Crippen molar-refractivity contribution in [3.8, 4) is 11.5 Å². The van der Waals surface area contributed by atoms with E-state index in [-0.39, 0.29) is 17.9 Å². The number of methoxy groups -OCH3 is 1. The van der Waals surface area contributed by atoms with Crippen LogP contribution in [0.3, 0.4) is 0 Å². The Morgan fingerprint density at radius 3 is 2.46 bits per heavy atom. The third-order valence-electron chi connectivity index (χ3n) is 4.46. The molecular formula is C19H26ClNO5. The Labute approximate surface area is 158 Å². The van der Waals surface area contributed by atoms with Gasteiger partial charge < -0.3 is 19.9 Å². The van der Waals surface area contributed by atoms with Gasteiger partial charge in [0.25, 0.3) is 5.91 Å². The van der Waals surface area contributed by atoms with E-state index in [1.54, 1.807) is 12.1 Å². The Hall–Kier alpha value is -1.95. The zero-order chi connectivity index (χ0) is 19.3. The van der Waals surface area contributed by atoms with Crippen molar-refractivity contribution in [3.05, 3.63) is 22.7 Å². The standard InChI is InChI=1S/C19H26ClNO5/c1-11(2)10-26-17-15(20)8-13(9-16(17)25-3)18(22)21-14-6-4-12(5-7-14)19(23)24/h8-9,11-12,14H,4-7,10H2,1-3H3,(H,21,22)(H,23,24). The van der Waals surface area contributed by atoms with Crippen molar-refractivity contribution in [2.75, 3.05) is 13.7 Å². The molecule has 1 fully saturated rings. The van der Waals surface area contributed by atoms with Crippen LogP contribution in [0.25, 0.3) is 0 Å². The molecule has 0 aliphatic heterocycles. The third-order valence-corrected chi connectivity index (χ3v) is 4.75. The molecule has 0 spiro atoms. The average Bonchev–Trinajstić information content (AvgIpc) is 2.60. The minimum atomic E-state index is -0.761. The number of rotatable bonds is 7. The van der Waals surface area contributed by atoms with Crippen molar-refractivity contribution in [1.82, 2.24) is 5.32 Å². The summed E-state index contributed by atoms with van der Waals surface area (Å²) in [6.07, 6.45) is 2.46. The van der Waals surface area contributed by atoms with Crippen LogP contribution in [0.1, 0.15) is 49.9 Å². The Kier molecular flexibility index (Phi) is 7.14. The largest absolute Gasteiger partial charge is 0.493 e. The topological polar surface area (TPSA) is 84.9 Å². The fourth-order valence-electron chi connectivity index (χ4n) is 2.99. The van der Waals surface area contributed by atoms with Crippen molar-refractivity contribution in [1.29, 1.82) is 0 Å². The van der Waals surface area contributed by atoms with Crippen molar-refractivity contribution in [3.63, 3.8) is 0 Å². The molecule has 0 unspecified atom stereocenters. The molecule has 0 atom stereocenters. The quantitative estimate of drug-likeness (QED) is 0.748. The molecule has 1 aliphatic rings. The second-order valence-corrected chi connectivity index (χ2v) is 7.46. The fraction of sp³-hybridized carbons (Fsp3) is 0.579. The van der Waals surface area contributed by atoms with E-state index in [0.717, 1.165) is 0 Å². The molecular weight excluding hydrogens is 358 g/mol. The molecule has 0 saturated heterocycles. The van der Waals surface area contributed by atoms with Gasteiger partial charge in [0, 0.05) is 11.6 Å².